The Balaban J connectivity index is 2.07. The molecule has 0 fully saturated rings. The van der Waals surface area contributed by atoms with Gasteiger partial charge in [-0.05, 0) is 29.6 Å². The first-order chi connectivity index (χ1) is 10.3. The van der Waals surface area contributed by atoms with Crippen molar-refractivity contribution in [2.24, 2.45) is 0 Å². The Bertz CT molecular complexity index is 777. The molecule has 0 spiro atoms. The maximum Gasteiger partial charge on any atom is 0.252 e. The van der Waals surface area contributed by atoms with E-state index in [4.69, 9.17) is 23.2 Å². The van der Waals surface area contributed by atoms with E-state index in [1.807, 2.05) is 0 Å². The Morgan fingerprint density at radius 1 is 1.32 bits per heavy atom. The van der Waals surface area contributed by atoms with Crippen molar-refractivity contribution in [1.82, 2.24) is 4.31 Å². The molecule has 0 bridgehead atoms. The molecular formula is C13H12Cl2N2O3S2. The van der Waals surface area contributed by atoms with Crippen molar-refractivity contribution in [2.45, 2.75) is 4.21 Å². The first kappa shape index (κ1) is 17.2. The summed E-state index contributed by atoms with van der Waals surface area (Å²) >= 11 is 12.9. The zero-order valence-corrected chi connectivity index (χ0v) is 14.6. The number of hydrogen-bond donors (Lipinski definition) is 1. The van der Waals surface area contributed by atoms with Crippen molar-refractivity contribution >= 4 is 56.2 Å². The molecule has 0 radical (unpaired) electrons. The fraction of sp³-hybridized carbons (Fsp3) is 0.154. The smallest absolute Gasteiger partial charge is 0.252 e. The van der Waals surface area contributed by atoms with Gasteiger partial charge in [0, 0.05) is 12.1 Å². The van der Waals surface area contributed by atoms with Crippen LogP contribution in [-0.4, -0.2) is 32.2 Å². The number of sulfonamides is 1. The van der Waals surface area contributed by atoms with Crippen LogP contribution < -0.4 is 5.32 Å². The van der Waals surface area contributed by atoms with Crippen molar-refractivity contribution in [3.63, 3.8) is 0 Å². The fourth-order valence-corrected chi connectivity index (χ4v) is 4.30. The summed E-state index contributed by atoms with van der Waals surface area (Å²) in [6.07, 6.45) is 0. The van der Waals surface area contributed by atoms with Crippen LogP contribution in [0.15, 0.2) is 39.9 Å². The second-order valence-electron chi connectivity index (χ2n) is 4.37. The third-order valence-corrected chi connectivity index (χ3v) is 6.47. The zero-order chi connectivity index (χ0) is 16.3. The average molecular weight is 379 g/mol. The minimum absolute atomic E-state index is 0.184. The minimum Gasteiger partial charge on any atom is -0.324 e. The van der Waals surface area contributed by atoms with E-state index in [2.05, 4.69) is 5.32 Å². The standard InChI is InChI=1S/C13H12Cl2N2O3S2/c1-17(22(19,20)13-3-2-6-21-13)8-12(18)16-11-7-9(14)4-5-10(11)15/h2-7H,8H2,1H3,(H,16,18). The summed E-state index contributed by atoms with van der Waals surface area (Å²) in [7, 11) is -2.33. The van der Waals surface area contributed by atoms with Crippen LogP contribution in [0.3, 0.4) is 0 Å². The zero-order valence-electron chi connectivity index (χ0n) is 11.4. The lowest BCUT2D eigenvalue weighted by Crippen LogP contribution is -2.34. The van der Waals surface area contributed by atoms with Crippen LogP contribution in [0.1, 0.15) is 0 Å². The average Bonchev–Trinajstić information content (AvgIpc) is 2.97. The molecule has 2 rings (SSSR count). The predicted octanol–water partition coefficient (Wildman–Crippen LogP) is 3.31. The first-order valence-corrected chi connectivity index (χ1v) is 9.13. The Morgan fingerprint density at radius 2 is 2.05 bits per heavy atom. The molecule has 0 saturated carbocycles. The number of halogens is 2. The van der Waals surface area contributed by atoms with E-state index in [-0.39, 0.29) is 10.8 Å². The number of carbonyl (C=O) groups excluding carboxylic acids is 1. The lowest BCUT2D eigenvalue weighted by atomic mass is 10.3. The predicted molar refractivity (Wildman–Crippen MR) is 89.2 cm³/mol. The van der Waals surface area contributed by atoms with E-state index in [9.17, 15) is 13.2 Å². The minimum atomic E-state index is -3.67. The lowest BCUT2D eigenvalue weighted by Gasteiger charge is -2.16. The van der Waals surface area contributed by atoms with E-state index in [0.29, 0.717) is 15.7 Å². The third kappa shape index (κ3) is 3.99. The molecule has 1 N–H and O–H groups in total. The topological polar surface area (TPSA) is 66.5 Å². The molecule has 0 aliphatic heterocycles. The van der Waals surface area contributed by atoms with Crippen LogP contribution in [0.4, 0.5) is 5.69 Å². The number of benzene rings is 1. The van der Waals surface area contributed by atoms with Gasteiger partial charge in [-0.3, -0.25) is 4.79 Å². The van der Waals surface area contributed by atoms with Crippen LogP contribution in [-0.2, 0) is 14.8 Å². The number of thiophene rings is 1. The lowest BCUT2D eigenvalue weighted by molar-refractivity contribution is -0.116. The van der Waals surface area contributed by atoms with Crippen molar-refractivity contribution in [3.05, 3.63) is 45.8 Å². The van der Waals surface area contributed by atoms with Gasteiger partial charge in [0.25, 0.3) is 10.0 Å². The highest BCUT2D eigenvalue weighted by Gasteiger charge is 2.24. The summed E-state index contributed by atoms with van der Waals surface area (Å²) in [6.45, 7) is -0.330. The van der Waals surface area contributed by atoms with Gasteiger partial charge in [0.05, 0.1) is 17.3 Å². The van der Waals surface area contributed by atoms with Crippen LogP contribution in [0.25, 0.3) is 0 Å². The van der Waals surface area contributed by atoms with E-state index >= 15 is 0 Å². The Hall–Kier alpha value is -1.12. The number of hydrogen-bond acceptors (Lipinski definition) is 4. The normalized spacial score (nSPS) is 11.6. The summed E-state index contributed by atoms with van der Waals surface area (Å²) in [6, 6.07) is 7.76. The molecule has 0 saturated heterocycles. The number of nitrogens with one attached hydrogen (secondary N) is 1. The molecule has 1 aromatic heterocycles. The van der Waals surface area contributed by atoms with Gasteiger partial charge in [0.15, 0.2) is 0 Å². The molecule has 9 heteroatoms. The molecule has 0 unspecified atom stereocenters. The Kier molecular flexibility index (Phi) is 5.46. The van der Waals surface area contributed by atoms with Gasteiger partial charge in [-0.15, -0.1) is 11.3 Å². The summed E-state index contributed by atoms with van der Waals surface area (Å²) in [5.74, 6) is -0.508. The second-order valence-corrected chi connectivity index (χ2v) is 8.43. The van der Waals surface area contributed by atoms with Crippen molar-refractivity contribution in [3.8, 4) is 0 Å². The van der Waals surface area contributed by atoms with Crippen molar-refractivity contribution in [1.29, 1.82) is 0 Å². The Labute approximate surface area is 142 Å². The highest BCUT2D eigenvalue weighted by molar-refractivity contribution is 7.91. The molecule has 118 valence electrons. The number of nitrogens with zero attached hydrogens (tertiary/aromatic N) is 1. The maximum atomic E-state index is 12.2. The molecule has 0 aliphatic rings. The largest absolute Gasteiger partial charge is 0.324 e. The van der Waals surface area contributed by atoms with Gasteiger partial charge in [-0.1, -0.05) is 29.3 Å². The molecule has 1 aromatic carbocycles. The molecule has 0 atom stereocenters. The summed E-state index contributed by atoms with van der Waals surface area (Å²) in [5.41, 5.74) is 0.334. The molecule has 1 heterocycles. The van der Waals surface area contributed by atoms with E-state index in [1.165, 1.54) is 19.2 Å². The Morgan fingerprint density at radius 3 is 2.68 bits per heavy atom. The molecule has 0 aliphatic carbocycles. The van der Waals surface area contributed by atoms with Crippen molar-refractivity contribution in [2.75, 3.05) is 18.9 Å². The summed E-state index contributed by atoms with van der Waals surface area (Å²) < 4.78 is 25.6. The number of rotatable bonds is 5. The summed E-state index contributed by atoms with van der Waals surface area (Å²) in [5, 5.41) is 4.94. The number of anilines is 1. The first-order valence-electron chi connectivity index (χ1n) is 6.05. The fourth-order valence-electron chi connectivity index (χ4n) is 1.63. The van der Waals surface area contributed by atoms with Crippen LogP contribution >= 0.6 is 34.5 Å². The van der Waals surface area contributed by atoms with Gasteiger partial charge in [-0.2, -0.15) is 4.31 Å². The molecule has 1 amide bonds. The van der Waals surface area contributed by atoms with Gasteiger partial charge in [0.2, 0.25) is 5.91 Å². The van der Waals surface area contributed by atoms with Crippen LogP contribution in [0.2, 0.25) is 10.0 Å². The molecule has 2 aromatic rings. The SMILES string of the molecule is CN(CC(=O)Nc1cc(Cl)ccc1Cl)S(=O)(=O)c1cccs1. The van der Waals surface area contributed by atoms with E-state index in [0.717, 1.165) is 15.6 Å². The van der Waals surface area contributed by atoms with Crippen LogP contribution in [0.5, 0.6) is 0 Å². The van der Waals surface area contributed by atoms with E-state index in [1.54, 1.807) is 23.6 Å². The van der Waals surface area contributed by atoms with Crippen LogP contribution in [0, 0.1) is 0 Å². The number of amides is 1. The van der Waals surface area contributed by atoms with Gasteiger partial charge in [-0.25, -0.2) is 8.42 Å². The van der Waals surface area contributed by atoms with Gasteiger partial charge < -0.3 is 5.32 Å². The maximum absolute atomic E-state index is 12.2. The third-order valence-electron chi connectivity index (χ3n) is 2.73. The molecule has 22 heavy (non-hydrogen) atoms. The molecular weight excluding hydrogens is 367 g/mol. The van der Waals surface area contributed by atoms with Crippen molar-refractivity contribution < 1.29 is 13.2 Å². The van der Waals surface area contributed by atoms with E-state index < -0.39 is 15.9 Å². The molecule has 5 nitrogen and oxygen atoms in total. The quantitative estimate of drug-likeness (QED) is 0.867. The second kappa shape index (κ2) is 6.97. The highest BCUT2D eigenvalue weighted by atomic mass is 35.5. The monoisotopic (exact) mass is 378 g/mol. The van der Waals surface area contributed by atoms with Gasteiger partial charge >= 0.3 is 0 Å². The number of likely N-dealkylation sites (N-methyl/N-ethyl adjacent to an activating group) is 1. The van der Waals surface area contributed by atoms with Gasteiger partial charge in [0.1, 0.15) is 4.21 Å². The highest BCUT2D eigenvalue weighted by Crippen LogP contribution is 2.25. The number of carbonyl (C=O) groups is 1. The summed E-state index contributed by atoms with van der Waals surface area (Å²) in [4.78, 5) is 12.0.